The van der Waals surface area contributed by atoms with Gasteiger partial charge in [-0.2, -0.15) is 0 Å². The molecule has 266 valence electrons. The van der Waals surface area contributed by atoms with Crippen LogP contribution in [0, 0.1) is 0 Å². The first-order chi connectivity index (χ1) is 23.8. The van der Waals surface area contributed by atoms with Gasteiger partial charge in [0.05, 0.1) is 36.8 Å². The van der Waals surface area contributed by atoms with E-state index < -0.39 is 92.4 Å². The molecule has 0 bridgehead atoms. The normalized spacial score (nSPS) is 11.4. The number of carboxylic acids is 2. The van der Waals surface area contributed by atoms with Crippen LogP contribution in [-0.4, -0.2) is 83.4 Å². The molecule has 0 saturated heterocycles. The molecule has 50 heavy (non-hydrogen) atoms. The lowest BCUT2D eigenvalue weighted by Crippen LogP contribution is -2.30. The maximum atomic E-state index is 12.5. The number of ether oxygens (including phenoxy) is 6. The Bertz CT molecular complexity index is 1560. The SMILES string of the molecule is C=CC(=O)OCC(CCC(COC(=O)CCC(=O)Oc1ccc(C(=O)O)cc1)OC(=O)C=C)OC(=O)CCC(=O)Oc1ccc(C(=O)O)cc1. The second kappa shape index (κ2) is 20.8. The van der Waals surface area contributed by atoms with E-state index in [9.17, 15) is 38.4 Å². The molecule has 2 aromatic rings. The summed E-state index contributed by atoms with van der Waals surface area (Å²) in [6.07, 6.45) is -2.17. The molecular formula is C34H34O16. The summed E-state index contributed by atoms with van der Waals surface area (Å²) in [7, 11) is 0. The molecule has 0 heterocycles. The molecule has 0 aromatic heterocycles. The second-order valence-corrected chi connectivity index (χ2v) is 10.1. The van der Waals surface area contributed by atoms with Crippen molar-refractivity contribution in [3.05, 3.63) is 85.0 Å². The first-order valence-corrected chi connectivity index (χ1v) is 14.8. The van der Waals surface area contributed by atoms with Gasteiger partial charge in [-0.3, -0.25) is 19.2 Å². The van der Waals surface area contributed by atoms with Crippen LogP contribution < -0.4 is 9.47 Å². The quantitative estimate of drug-likeness (QED) is 0.0824. The Kier molecular flexibility index (Phi) is 16.6. The van der Waals surface area contributed by atoms with Gasteiger partial charge in [0, 0.05) is 12.2 Å². The minimum Gasteiger partial charge on any atom is -0.478 e. The van der Waals surface area contributed by atoms with Gasteiger partial charge in [0.15, 0.2) is 0 Å². The van der Waals surface area contributed by atoms with Gasteiger partial charge in [-0.25, -0.2) is 19.2 Å². The average Bonchev–Trinajstić information content (AvgIpc) is 3.09. The fraction of sp³-hybridized carbons (Fsp3) is 0.294. The van der Waals surface area contributed by atoms with Crippen molar-refractivity contribution in [1.82, 2.24) is 0 Å². The van der Waals surface area contributed by atoms with Crippen molar-refractivity contribution in [3.8, 4) is 11.5 Å². The largest absolute Gasteiger partial charge is 0.478 e. The van der Waals surface area contributed by atoms with Crippen molar-refractivity contribution in [2.24, 2.45) is 0 Å². The van der Waals surface area contributed by atoms with Crippen molar-refractivity contribution in [2.75, 3.05) is 13.2 Å². The first-order valence-electron chi connectivity index (χ1n) is 14.8. The number of carbonyl (C=O) groups excluding carboxylic acids is 6. The molecule has 16 heteroatoms. The van der Waals surface area contributed by atoms with E-state index in [1.54, 1.807) is 0 Å². The van der Waals surface area contributed by atoms with Gasteiger partial charge in [0.25, 0.3) is 0 Å². The van der Waals surface area contributed by atoms with Gasteiger partial charge in [0.1, 0.15) is 36.9 Å². The van der Waals surface area contributed by atoms with Crippen LogP contribution in [0.2, 0.25) is 0 Å². The van der Waals surface area contributed by atoms with E-state index in [2.05, 4.69) is 13.2 Å². The van der Waals surface area contributed by atoms with Crippen molar-refractivity contribution in [2.45, 2.75) is 50.7 Å². The molecular weight excluding hydrogens is 664 g/mol. The predicted octanol–water partition coefficient (Wildman–Crippen LogP) is 3.22. The Morgan fingerprint density at radius 3 is 1.38 bits per heavy atom. The maximum absolute atomic E-state index is 12.5. The third-order valence-electron chi connectivity index (χ3n) is 6.30. The topological polar surface area (TPSA) is 232 Å². The van der Waals surface area contributed by atoms with E-state index in [-0.39, 0.29) is 41.9 Å². The number of aromatic carboxylic acids is 2. The molecule has 0 aliphatic carbocycles. The zero-order chi connectivity index (χ0) is 37.1. The number of esters is 6. The summed E-state index contributed by atoms with van der Waals surface area (Å²) >= 11 is 0. The lowest BCUT2D eigenvalue weighted by Gasteiger charge is -2.21. The Balaban J connectivity index is 1.90. The number of benzene rings is 2. The van der Waals surface area contributed by atoms with Crippen LogP contribution in [0.15, 0.2) is 73.8 Å². The van der Waals surface area contributed by atoms with E-state index in [1.807, 2.05) is 0 Å². The summed E-state index contributed by atoms with van der Waals surface area (Å²) in [6.45, 7) is 5.70. The second-order valence-electron chi connectivity index (χ2n) is 10.1. The molecule has 0 aliphatic heterocycles. The van der Waals surface area contributed by atoms with Gasteiger partial charge in [0.2, 0.25) is 0 Å². The lowest BCUT2D eigenvalue weighted by molar-refractivity contribution is -0.161. The molecule has 2 rings (SSSR count). The number of hydrogen-bond acceptors (Lipinski definition) is 14. The zero-order valence-corrected chi connectivity index (χ0v) is 26.6. The molecule has 16 nitrogen and oxygen atoms in total. The van der Waals surface area contributed by atoms with Crippen molar-refractivity contribution in [1.29, 1.82) is 0 Å². The predicted molar refractivity (Wildman–Crippen MR) is 168 cm³/mol. The highest BCUT2D eigenvalue weighted by atomic mass is 16.6. The summed E-state index contributed by atoms with van der Waals surface area (Å²) in [4.78, 5) is 94.5. The molecule has 2 atom stereocenters. The number of rotatable bonds is 21. The molecule has 0 saturated carbocycles. The third-order valence-corrected chi connectivity index (χ3v) is 6.30. The summed E-state index contributed by atoms with van der Waals surface area (Å²) in [5.74, 6) is -7.15. The van der Waals surface area contributed by atoms with Crippen molar-refractivity contribution < 1.29 is 77.0 Å². The molecule has 2 unspecified atom stereocenters. The lowest BCUT2D eigenvalue weighted by atomic mass is 10.1. The Morgan fingerprint density at radius 2 is 0.940 bits per heavy atom. The van der Waals surface area contributed by atoms with Gasteiger partial charge in [-0.15, -0.1) is 0 Å². The van der Waals surface area contributed by atoms with Crippen LogP contribution in [-0.2, 0) is 47.7 Å². The molecule has 2 N–H and O–H groups in total. The summed E-state index contributed by atoms with van der Waals surface area (Å²) in [5, 5.41) is 17.9. The number of carbonyl (C=O) groups is 8. The van der Waals surface area contributed by atoms with E-state index >= 15 is 0 Å². The van der Waals surface area contributed by atoms with E-state index in [0.717, 1.165) is 12.2 Å². The number of hydrogen-bond donors (Lipinski definition) is 2. The Hall–Kier alpha value is -6.32. The van der Waals surface area contributed by atoms with E-state index in [4.69, 9.17) is 38.6 Å². The monoisotopic (exact) mass is 698 g/mol. The maximum Gasteiger partial charge on any atom is 0.335 e. The molecule has 0 fully saturated rings. The van der Waals surface area contributed by atoms with Crippen LogP contribution in [0.5, 0.6) is 11.5 Å². The highest BCUT2D eigenvalue weighted by Crippen LogP contribution is 2.16. The van der Waals surface area contributed by atoms with Gasteiger partial charge >= 0.3 is 47.8 Å². The fourth-order valence-electron chi connectivity index (χ4n) is 3.78. The van der Waals surface area contributed by atoms with Crippen LogP contribution in [0.25, 0.3) is 0 Å². The van der Waals surface area contributed by atoms with Crippen molar-refractivity contribution >= 4 is 47.8 Å². The molecule has 0 amide bonds. The molecule has 0 radical (unpaired) electrons. The summed E-state index contributed by atoms with van der Waals surface area (Å²) in [5.41, 5.74) is -0.0247. The summed E-state index contributed by atoms with van der Waals surface area (Å²) < 4.78 is 30.8. The highest BCUT2D eigenvalue weighted by molar-refractivity contribution is 5.88. The fourth-order valence-corrected chi connectivity index (χ4v) is 3.78. The van der Waals surface area contributed by atoms with Crippen LogP contribution in [0.3, 0.4) is 0 Å². The molecule has 0 aliphatic rings. The summed E-state index contributed by atoms with van der Waals surface area (Å²) in [6, 6.07) is 10.1. The standard InChI is InChI=1S/C34H34O16/c1-3-27(35)45-19-26(50-32(40)18-17-31(39)48-24-11-7-22(8-12-24)34(43)44)14-13-25(49-28(36)4-2)20-46-29(37)15-16-30(38)47-23-9-5-21(6-10-23)33(41)42/h3-12,25-26H,1-2,13-20H2,(H,41,42)(H,43,44). The number of carboxylic acid groups (broad SMARTS) is 2. The smallest absolute Gasteiger partial charge is 0.335 e. The van der Waals surface area contributed by atoms with Gasteiger partial charge in [-0.1, -0.05) is 13.2 Å². The van der Waals surface area contributed by atoms with Gasteiger partial charge < -0.3 is 38.6 Å². The third kappa shape index (κ3) is 15.5. The zero-order valence-electron chi connectivity index (χ0n) is 26.6. The van der Waals surface area contributed by atoms with E-state index in [0.29, 0.717) is 0 Å². The molecule has 2 aromatic carbocycles. The molecule has 0 spiro atoms. The van der Waals surface area contributed by atoms with Crippen LogP contribution in [0.4, 0.5) is 0 Å². The first kappa shape index (κ1) is 39.9. The van der Waals surface area contributed by atoms with Crippen LogP contribution >= 0.6 is 0 Å². The average molecular weight is 699 g/mol. The Morgan fingerprint density at radius 1 is 0.540 bits per heavy atom. The van der Waals surface area contributed by atoms with Crippen molar-refractivity contribution in [3.63, 3.8) is 0 Å². The van der Waals surface area contributed by atoms with E-state index in [1.165, 1.54) is 48.5 Å². The highest BCUT2D eigenvalue weighted by Gasteiger charge is 2.23. The Labute approximate surface area is 285 Å². The minimum absolute atomic E-state index is 0.00952. The minimum atomic E-state index is -1.16. The van der Waals surface area contributed by atoms with Gasteiger partial charge in [-0.05, 0) is 61.4 Å². The van der Waals surface area contributed by atoms with Crippen LogP contribution in [0.1, 0.15) is 59.2 Å².